The first-order chi connectivity index (χ1) is 10.2. The maximum Gasteiger partial charge on any atom is 0.316 e. The van der Waals surface area contributed by atoms with Crippen LogP contribution >= 0.6 is 11.6 Å². The van der Waals surface area contributed by atoms with E-state index in [0.29, 0.717) is 18.7 Å². The lowest BCUT2D eigenvalue weighted by atomic mass is 9.90. The van der Waals surface area contributed by atoms with E-state index in [4.69, 9.17) is 17.3 Å². The van der Waals surface area contributed by atoms with Crippen molar-refractivity contribution in [1.82, 2.24) is 4.90 Å². The molecule has 22 heavy (non-hydrogen) atoms. The van der Waals surface area contributed by atoms with Crippen molar-refractivity contribution in [2.75, 3.05) is 18.4 Å². The fourth-order valence-electron chi connectivity index (χ4n) is 2.39. The number of carboxylic acids is 1. The molecule has 1 aliphatic heterocycles. The number of nitrogens with zero attached hydrogens (tertiary/aromatic N) is 1. The van der Waals surface area contributed by atoms with Crippen molar-refractivity contribution >= 4 is 35.2 Å². The second-order valence-electron chi connectivity index (χ2n) is 5.53. The number of benzene rings is 1. The van der Waals surface area contributed by atoms with Crippen LogP contribution < -0.4 is 11.1 Å². The van der Waals surface area contributed by atoms with Crippen molar-refractivity contribution in [1.29, 1.82) is 0 Å². The van der Waals surface area contributed by atoms with Crippen LogP contribution in [-0.4, -0.2) is 41.0 Å². The van der Waals surface area contributed by atoms with Gasteiger partial charge in [0.25, 0.3) is 5.91 Å². The summed E-state index contributed by atoms with van der Waals surface area (Å²) in [5.74, 6) is -1.30. The molecule has 0 aliphatic carbocycles. The number of hydrogen-bond donors (Lipinski definition) is 3. The molecular weight excluding hydrogens is 310 g/mol. The third kappa shape index (κ3) is 3.14. The Balaban J connectivity index is 2.23. The molecule has 8 heteroatoms. The lowest BCUT2D eigenvalue weighted by Crippen LogP contribution is -2.35. The number of carboxylic acid groups (broad SMARTS) is 1. The van der Waals surface area contributed by atoms with Crippen molar-refractivity contribution in [3.63, 3.8) is 0 Å². The largest absolute Gasteiger partial charge is 0.481 e. The number of urea groups is 1. The van der Waals surface area contributed by atoms with Crippen molar-refractivity contribution in [3.8, 4) is 0 Å². The number of hydrogen-bond acceptors (Lipinski definition) is 3. The van der Waals surface area contributed by atoms with Gasteiger partial charge in [0.2, 0.25) is 0 Å². The van der Waals surface area contributed by atoms with Crippen LogP contribution in [0.2, 0.25) is 5.02 Å². The number of carbonyl (C=O) groups is 3. The Morgan fingerprint density at radius 2 is 2.09 bits per heavy atom. The highest BCUT2D eigenvalue weighted by Gasteiger charge is 2.42. The fraction of sp³-hybridized carbons (Fsp3) is 0.357. The molecule has 1 fully saturated rings. The third-order valence-electron chi connectivity index (χ3n) is 3.74. The predicted octanol–water partition coefficient (Wildman–Crippen LogP) is 1.77. The summed E-state index contributed by atoms with van der Waals surface area (Å²) < 4.78 is 0. The monoisotopic (exact) mass is 325 g/mol. The van der Waals surface area contributed by atoms with Gasteiger partial charge >= 0.3 is 12.0 Å². The predicted molar refractivity (Wildman–Crippen MR) is 80.9 cm³/mol. The van der Waals surface area contributed by atoms with Crippen LogP contribution in [0.25, 0.3) is 0 Å². The first-order valence-corrected chi connectivity index (χ1v) is 6.99. The fourth-order valence-corrected chi connectivity index (χ4v) is 2.59. The summed E-state index contributed by atoms with van der Waals surface area (Å²) in [6, 6.07) is 3.67. The van der Waals surface area contributed by atoms with Crippen LogP contribution in [0.1, 0.15) is 23.7 Å². The van der Waals surface area contributed by atoms with Crippen LogP contribution in [0, 0.1) is 5.41 Å². The summed E-state index contributed by atoms with van der Waals surface area (Å²) in [7, 11) is 0. The van der Waals surface area contributed by atoms with E-state index in [-0.39, 0.29) is 23.0 Å². The molecule has 1 unspecified atom stereocenters. The molecule has 0 radical (unpaired) electrons. The van der Waals surface area contributed by atoms with Crippen molar-refractivity contribution < 1.29 is 19.5 Å². The number of amides is 3. The summed E-state index contributed by atoms with van der Waals surface area (Å²) in [4.78, 5) is 36.1. The van der Waals surface area contributed by atoms with Gasteiger partial charge in [-0.3, -0.25) is 9.59 Å². The molecule has 118 valence electrons. The van der Waals surface area contributed by atoms with E-state index in [1.54, 1.807) is 6.92 Å². The number of likely N-dealkylation sites (tertiary alicyclic amines) is 1. The summed E-state index contributed by atoms with van der Waals surface area (Å²) in [5, 5.41) is 11.8. The Hall–Kier alpha value is -2.28. The SMILES string of the molecule is CC1(C(=O)O)CCN(C(=O)c2cc(NC(N)=O)ccc2Cl)C1. The minimum Gasteiger partial charge on any atom is -0.481 e. The molecule has 0 aromatic heterocycles. The number of nitrogens with one attached hydrogen (secondary N) is 1. The van der Waals surface area contributed by atoms with Crippen molar-refractivity contribution in [3.05, 3.63) is 28.8 Å². The maximum atomic E-state index is 12.5. The first-order valence-electron chi connectivity index (χ1n) is 6.61. The molecule has 0 bridgehead atoms. The number of primary amides is 1. The van der Waals surface area contributed by atoms with Gasteiger partial charge in [0.15, 0.2) is 0 Å². The zero-order valence-electron chi connectivity index (χ0n) is 11.9. The molecule has 3 amide bonds. The molecule has 1 saturated heterocycles. The van der Waals surface area contributed by atoms with Crippen molar-refractivity contribution in [2.45, 2.75) is 13.3 Å². The molecule has 2 rings (SSSR count). The second-order valence-corrected chi connectivity index (χ2v) is 5.93. The summed E-state index contributed by atoms with van der Waals surface area (Å²) in [5.41, 5.74) is 4.63. The van der Waals surface area contributed by atoms with E-state index >= 15 is 0 Å². The van der Waals surface area contributed by atoms with E-state index in [0.717, 1.165) is 0 Å². The van der Waals surface area contributed by atoms with Crippen molar-refractivity contribution in [2.24, 2.45) is 11.1 Å². The lowest BCUT2D eigenvalue weighted by molar-refractivity contribution is -0.147. The number of rotatable bonds is 3. The molecule has 7 nitrogen and oxygen atoms in total. The number of halogens is 1. The van der Waals surface area contributed by atoms with Gasteiger partial charge in [0.05, 0.1) is 16.0 Å². The Labute approximate surface area is 132 Å². The van der Waals surface area contributed by atoms with E-state index < -0.39 is 17.4 Å². The smallest absolute Gasteiger partial charge is 0.316 e. The van der Waals surface area contributed by atoms with E-state index in [1.807, 2.05) is 0 Å². The number of aliphatic carboxylic acids is 1. The third-order valence-corrected chi connectivity index (χ3v) is 4.07. The molecule has 0 saturated carbocycles. The molecule has 1 aromatic carbocycles. The van der Waals surface area contributed by atoms with Gasteiger partial charge in [0.1, 0.15) is 0 Å². The average Bonchev–Trinajstić information content (AvgIpc) is 2.84. The standard InChI is InChI=1S/C14H16ClN3O4/c1-14(12(20)21)4-5-18(7-14)11(19)9-6-8(17-13(16)22)2-3-10(9)15/h2-3,6H,4-5,7H2,1H3,(H,20,21)(H3,16,17,22). The minimum atomic E-state index is -0.953. The number of nitrogens with two attached hydrogens (primary N) is 1. The normalized spacial score (nSPS) is 20.7. The Bertz CT molecular complexity index is 649. The second kappa shape index (κ2) is 5.84. The highest BCUT2D eigenvalue weighted by atomic mass is 35.5. The van der Waals surface area contributed by atoms with Gasteiger partial charge in [-0.15, -0.1) is 0 Å². The number of carbonyl (C=O) groups excluding carboxylic acids is 2. The Morgan fingerprint density at radius 3 is 2.64 bits per heavy atom. The molecular formula is C14H16ClN3O4. The summed E-state index contributed by atoms with van der Waals surface area (Å²) in [6.07, 6.45) is 0.380. The van der Waals surface area contributed by atoms with Crippen LogP contribution in [-0.2, 0) is 4.79 Å². The van der Waals surface area contributed by atoms with Crippen LogP contribution in [0.4, 0.5) is 10.5 Å². The zero-order valence-corrected chi connectivity index (χ0v) is 12.7. The topological polar surface area (TPSA) is 113 Å². The molecule has 1 aliphatic rings. The van der Waals surface area contributed by atoms with Gasteiger partial charge in [-0.25, -0.2) is 4.79 Å². The van der Waals surface area contributed by atoms with Crippen LogP contribution in [0.5, 0.6) is 0 Å². The Morgan fingerprint density at radius 1 is 1.41 bits per heavy atom. The van der Waals surface area contributed by atoms with E-state index in [2.05, 4.69) is 5.32 Å². The zero-order chi connectivity index (χ0) is 16.5. The van der Waals surface area contributed by atoms with E-state index in [9.17, 15) is 19.5 Å². The highest BCUT2D eigenvalue weighted by molar-refractivity contribution is 6.34. The van der Waals surface area contributed by atoms with Gasteiger partial charge in [-0.1, -0.05) is 11.6 Å². The van der Waals surface area contributed by atoms with Gasteiger partial charge in [-0.2, -0.15) is 0 Å². The number of anilines is 1. The lowest BCUT2D eigenvalue weighted by Gasteiger charge is -2.21. The molecule has 4 N–H and O–H groups in total. The summed E-state index contributed by atoms with van der Waals surface area (Å²) in [6.45, 7) is 2.06. The summed E-state index contributed by atoms with van der Waals surface area (Å²) >= 11 is 6.03. The molecule has 1 aromatic rings. The van der Waals surface area contributed by atoms with Gasteiger partial charge in [-0.05, 0) is 31.5 Å². The van der Waals surface area contributed by atoms with Crippen LogP contribution in [0.3, 0.4) is 0 Å². The average molecular weight is 326 g/mol. The quantitative estimate of drug-likeness (QED) is 0.785. The highest BCUT2D eigenvalue weighted by Crippen LogP contribution is 2.32. The molecule has 1 heterocycles. The first kappa shape index (κ1) is 16.1. The van der Waals surface area contributed by atoms with Gasteiger partial charge < -0.3 is 21.1 Å². The van der Waals surface area contributed by atoms with E-state index in [1.165, 1.54) is 23.1 Å². The molecule has 1 atom stereocenters. The Kier molecular flexibility index (Phi) is 4.27. The minimum absolute atomic E-state index is 0.116. The van der Waals surface area contributed by atoms with Crippen LogP contribution in [0.15, 0.2) is 18.2 Å². The van der Waals surface area contributed by atoms with Gasteiger partial charge in [0, 0.05) is 18.8 Å². The molecule has 0 spiro atoms. The maximum absolute atomic E-state index is 12.5.